The van der Waals surface area contributed by atoms with E-state index in [1.165, 1.54) is 0 Å². The molecule has 0 aromatic rings. The topological polar surface area (TPSA) is 57.6 Å². The third kappa shape index (κ3) is 3.36. The van der Waals surface area contributed by atoms with Gasteiger partial charge in [-0.1, -0.05) is 6.92 Å². The van der Waals surface area contributed by atoms with Gasteiger partial charge in [0.1, 0.15) is 0 Å². The van der Waals surface area contributed by atoms with Crippen molar-refractivity contribution in [3.8, 4) is 0 Å². The van der Waals surface area contributed by atoms with Crippen molar-refractivity contribution in [2.24, 2.45) is 5.92 Å². The van der Waals surface area contributed by atoms with E-state index in [4.69, 9.17) is 5.11 Å². The van der Waals surface area contributed by atoms with Crippen LogP contribution in [-0.2, 0) is 9.59 Å². The molecule has 80 valence electrons. The molecule has 0 radical (unpaired) electrons. The van der Waals surface area contributed by atoms with Crippen LogP contribution in [0.15, 0.2) is 0 Å². The second-order valence-electron chi connectivity index (χ2n) is 4.00. The number of likely N-dealkylation sites (tertiary alicyclic amines) is 1. The highest BCUT2D eigenvalue weighted by Crippen LogP contribution is 2.17. The lowest BCUT2D eigenvalue weighted by molar-refractivity contribution is -0.137. The number of amides is 1. The number of carbonyl (C=O) groups is 2. The zero-order valence-corrected chi connectivity index (χ0v) is 8.53. The fourth-order valence-corrected chi connectivity index (χ4v) is 1.76. The molecular formula is C10H17NO3. The van der Waals surface area contributed by atoms with Gasteiger partial charge in [0, 0.05) is 25.9 Å². The molecule has 1 unspecified atom stereocenters. The van der Waals surface area contributed by atoms with E-state index >= 15 is 0 Å². The van der Waals surface area contributed by atoms with E-state index in [0.717, 1.165) is 19.5 Å². The van der Waals surface area contributed by atoms with E-state index in [2.05, 4.69) is 6.92 Å². The second-order valence-corrected chi connectivity index (χ2v) is 4.00. The molecule has 1 saturated heterocycles. The van der Waals surface area contributed by atoms with Crippen LogP contribution >= 0.6 is 0 Å². The molecule has 14 heavy (non-hydrogen) atoms. The Morgan fingerprint density at radius 1 is 1.57 bits per heavy atom. The summed E-state index contributed by atoms with van der Waals surface area (Å²) in [6, 6.07) is 0. The lowest BCUT2D eigenvalue weighted by Crippen LogP contribution is -2.26. The lowest BCUT2D eigenvalue weighted by atomic mass is 10.2. The summed E-state index contributed by atoms with van der Waals surface area (Å²) in [7, 11) is 0. The van der Waals surface area contributed by atoms with Crippen LogP contribution in [0.25, 0.3) is 0 Å². The first-order valence-corrected chi connectivity index (χ1v) is 5.09. The predicted octanol–water partition coefficient (Wildman–Crippen LogP) is 1.11. The molecule has 1 amide bonds. The molecule has 1 N–H and O–H groups in total. The fraction of sp³-hybridized carbons (Fsp3) is 0.800. The van der Waals surface area contributed by atoms with Crippen molar-refractivity contribution in [3.05, 3.63) is 0 Å². The van der Waals surface area contributed by atoms with Crippen LogP contribution in [0, 0.1) is 5.92 Å². The molecule has 4 heteroatoms. The number of hydrogen-bond donors (Lipinski definition) is 1. The molecule has 1 fully saturated rings. The number of rotatable bonds is 5. The quantitative estimate of drug-likeness (QED) is 0.675. The maximum Gasteiger partial charge on any atom is 0.303 e. The molecule has 0 aromatic carbocycles. The second kappa shape index (κ2) is 4.98. The smallest absolute Gasteiger partial charge is 0.303 e. The van der Waals surface area contributed by atoms with E-state index < -0.39 is 5.97 Å². The van der Waals surface area contributed by atoms with Crippen LogP contribution in [0.2, 0.25) is 0 Å². The summed E-state index contributed by atoms with van der Waals surface area (Å²) in [5.74, 6) is -0.0825. The minimum Gasteiger partial charge on any atom is -0.481 e. The van der Waals surface area contributed by atoms with Crippen molar-refractivity contribution in [1.82, 2.24) is 4.90 Å². The van der Waals surface area contributed by atoms with E-state index in [1.54, 1.807) is 0 Å². The summed E-state index contributed by atoms with van der Waals surface area (Å²) in [6.07, 6.45) is 2.31. The van der Waals surface area contributed by atoms with Crippen molar-refractivity contribution in [2.45, 2.75) is 32.6 Å². The molecule has 0 spiro atoms. The minimum absolute atomic E-state index is 0.206. The Bertz CT molecular complexity index is 227. The first kappa shape index (κ1) is 11.0. The number of carboxylic acid groups (broad SMARTS) is 1. The normalized spacial score (nSPS) is 21.6. The minimum atomic E-state index is -0.758. The molecular weight excluding hydrogens is 182 g/mol. The molecule has 1 aliphatic heterocycles. The Balaban J connectivity index is 2.13. The average molecular weight is 199 g/mol. The molecule has 1 heterocycles. The number of aliphatic carboxylic acids is 1. The summed E-state index contributed by atoms with van der Waals surface area (Å²) in [5.41, 5.74) is 0. The number of carbonyl (C=O) groups excluding carboxylic acids is 1. The molecule has 1 rings (SSSR count). The Morgan fingerprint density at radius 3 is 2.79 bits per heavy atom. The van der Waals surface area contributed by atoms with Gasteiger partial charge in [0.25, 0.3) is 0 Å². The number of hydrogen-bond acceptors (Lipinski definition) is 2. The van der Waals surface area contributed by atoms with Gasteiger partial charge >= 0.3 is 5.97 Å². The van der Waals surface area contributed by atoms with Gasteiger partial charge in [-0.15, -0.1) is 0 Å². The van der Waals surface area contributed by atoms with Crippen LogP contribution < -0.4 is 0 Å². The van der Waals surface area contributed by atoms with E-state index in [9.17, 15) is 9.59 Å². The Morgan fingerprint density at radius 2 is 2.29 bits per heavy atom. The Hall–Kier alpha value is -1.06. The Labute approximate surface area is 83.9 Å². The SMILES string of the molecule is CC1CC(=O)N(CCCCC(=O)O)C1. The van der Waals surface area contributed by atoms with Gasteiger partial charge in [-0.25, -0.2) is 0 Å². The van der Waals surface area contributed by atoms with Crippen LogP contribution in [0.3, 0.4) is 0 Å². The predicted molar refractivity (Wildman–Crippen MR) is 51.8 cm³/mol. The van der Waals surface area contributed by atoms with Crippen molar-refractivity contribution in [1.29, 1.82) is 0 Å². The largest absolute Gasteiger partial charge is 0.481 e. The molecule has 1 aliphatic rings. The van der Waals surface area contributed by atoms with Crippen molar-refractivity contribution in [2.75, 3.05) is 13.1 Å². The van der Waals surface area contributed by atoms with Gasteiger partial charge in [-0.05, 0) is 18.8 Å². The number of nitrogens with zero attached hydrogens (tertiary/aromatic N) is 1. The number of carboxylic acids is 1. The van der Waals surface area contributed by atoms with Gasteiger partial charge in [-0.3, -0.25) is 9.59 Å². The Kier molecular flexibility index (Phi) is 3.92. The van der Waals surface area contributed by atoms with Crippen molar-refractivity contribution >= 4 is 11.9 Å². The summed E-state index contributed by atoms with van der Waals surface area (Å²) < 4.78 is 0. The standard InChI is InChI=1S/C10H17NO3/c1-8-6-9(12)11(7-8)5-3-2-4-10(13)14/h8H,2-7H2,1H3,(H,13,14). The summed E-state index contributed by atoms with van der Waals surface area (Å²) in [5, 5.41) is 8.42. The molecule has 4 nitrogen and oxygen atoms in total. The van der Waals surface area contributed by atoms with Crippen LogP contribution in [0.1, 0.15) is 32.6 Å². The third-order valence-corrected chi connectivity index (χ3v) is 2.48. The van der Waals surface area contributed by atoms with Gasteiger partial charge in [0.2, 0.25) is 5.91 Å². The lowest BCUT2D eigenvalue weighted by Gasteiger charge is -2.15. The van der Waals surface area contributed by atoms with Crippen LogP contribution in [-0.4, -0.2) is 35.0 Å². The maximum atomic E-state index is 11.3. The molecule has 0 aliphatic carbocycles. The zero-order chi connectivity index (χ0) is 10.6. The number of unbranched alkanes of at least 4 members (excludes halogenated alkanes) is 1. The first-order chi connectivity index (χ1) is 6.59. The van der Waals surface area contributed by atoms with Gasteiger partial charge < -0.3 is 10.0 Å². The average Bonchev–Trinajstić information content (AvgIpc) is 2.39. The highest BCUT2D eigenvalue weighted by Gasteiger charge is 2.25. The van der Waals surface area contributed by atoms with Gasteiger partial charge in [0.05, 0.1) is 0 Å². The van der Waals surface area contributed by atoms with E-state index in [0.29, 0.717) is 18.8 Å². The highest BCUT2D eigenvalue weighted by atomic mass is 16.4. The summed E-state index contributed by atoms with van der Waals surface area (Å²) in [4.78, 5) is 23.4. The maximum absolute atomic E-state index is 11.3. The van der Waals surface area contributed by atoms with Crippen molar-refractivity contribution in [3.63, 3.8) is 0 Å². The molecule has 0 aromatic heterocycles. The first-order valence-electron chi connectivity index (χ1n) is 5.09. The third-order valence-electron chi connectivity index (χ3n) is 2.48. The molecule has 0 bridgehead atoms. The summed E-state index contributed by atoms with van der Waals surface area (Å²) in [6.45, 7) is 3.62. The molecule has 1 atom stereocenters. The van der Waals surface area contributed by atoms with Gasteiger partial charge in [-0.2, -0.15) is 0 Å². The monoisotopic (exact) mass is 199 g/mol. The van der Waals surface area contributed by atoms with Crippen LogP contribution in [0.5, 0.6) is 0 Å². The van der Waals surface area contributed by atoms with Gasteiger partial charge in [0.15, 0.2) is 0 Å². The van der Waals surface area contributed by atoms with Crippen LogP contribution in [0.4, 0.5) is 0 Å². The summed E-state index contributed by atoms with van der Waals surface area (Å²) >= 11 is 0. The van der Waals surface area contributed by atoms with E-state index in [1.807, 2.05) is 4.90 Å². The zero-order valence-electron chi connectivity index (χ0n) is 8.53. The van der Waals surface area contributed by atoms with E-state index in [-0.39, 0.29) is 12.3 Å². The fourth-order valence-electron chi connectivity index (χ4n) is 1.76. The molecule has 0 saturated carbocycles. The van der Waals surface area contributed by atoms with Crippen molar-refractivity contribution < 1.29 is 14.7 Å². The highest BCUT2D eigenvalue weighted by molar-refractivity contribution is 5.78.